The van der Waals surface area contributed by atoms with Crippen molar-refractivity contribution < 1.29 is 17.9 Å². The lowest BCUT2D eigenvalue weighted by atomic mass is 9.86. The van der Waals surface area contributed by atoms with Crippen molar-refractivity contribution >= 4 is 45.9 Å². The Hall–Kier alpha value is -0.620. The molecule has 0 radical (unpaired) electrons. The molecule has 0 amide bonds. The number of aliphatic imine (C=N–C) groups is 1. The van der Waals surface area contributed by atoms with E-state index in [0.29, 0.717) is 31.5 Å². The molecule has 26 heavy (non-hydrogen) atoms. The van der Waals surface area contributed by atoms with Crippen molar-refractivity contribution in [3.63, 3.8) is 0 Å². The number of sulfonamides is 1. The number of hydrogen-bond donors (Lipinski definition) is 2. The van der Waals surface area contributed by atoms with Gasteiger partial charge in [0, 0.05) is 33.2 Å². The number of rotatable bonds is 7. The molecule has 0 spiro atoms. The molecule has 10 heteroatoms. The minimum absolute atomic E-state index is 0. The number of guanidine groups is 1. The molecule has 1 aliphatic carbocycles. The molecule has 0 aromatic carbocycles. The van der Waals surface area contributed by atoms with Crippen LogP contribution in [0.15, 0.2) is 4.99 Å². The summed E-state index contributed by atoms with van der Waals surface area (Å²) in [5, 5.41) is 3.09. The van der Waals surface area contributed by atoms with Crippen LogP contribution >= 0.6 is 24.0 Å². The maximum absolute atomic E-state index is 12.0. The lowest BCUT2D eigenvalue weighted by Gasteiger charge is -2.25. The summed E-state index contributed by atoms with van der Waals surface area (Å²) in [6.07, 6.45) is 3.43. The van der Waals surface area contributed by atoms with Crippen LogP contribution < -0.4 is 10.0 Å². The number of halogens is 1. The van der Waals surface area contributed by atoms with Crippen molar-refractivity contribution in [1.82, 2.24) is 14.9 Å². The van der Waals surface area contributed by atoms with Crippen LogP contribution in [0.4, 0.5) is 0 Å². The highest BCUT2D eigenvalue weighted by atomic mass is 127. The van der Waals surface area contributed by atoms with Crippen molar-refractivity contribution in [2.45, 2.75) is 26.2 Å². The lowest BCUT2D eigenvalue weighted by Crippen LogP contribution is -2.43. The highest BCUT2D eigenvalue weighted by molar-refractivity contribution is 14.0. The minimum Gasteiger partial charge on any atom is -0.469 e. The Morgan fingerprint density at radius 3 is 2.54 bits per heavy atom. The molecular weight excluding hydrogens is 471 g/mol. The van der Waals surface area contributed by atoms with Gasteiger partial charge in [0.05, 0.1) is 18.8 Å². The van der Waals surface area contributed by atoms with Gasteiger partial charge in [-0.3, -0.25) is 9.79 Å². The zero-order valence-corrected chi connectivity index (χ0v) is 18.9. The van der Waals surface area contributed by atoms with E-state index < -0.39 is 10.0 Å². The maximum atomic E-state index is 12.0. The van der Waals surface area contributed by atoms with Gasteiger partial charge in [0.25, 0.3) is 0 Å². The molecule has 0 aromatic rings. The van der Waals surface area contributed by atoms with Crippen LogP contribution in [0.2, 0.25) is 0 Å². The molecule has 2 rings (SSSR count). The SMILES string of the molecule is CN=C(NCCS(=O)(=O)NCC1CCC1)N1CC(C)C(C(=O)OC)C1.I. The Kier molecular flexibility index (Phi) is 9.59. The molecule has 2 aliphatic rings. The van der Waals surface area contributed by atoms with Crippen LogP contribution in [-0.2, 0) is 19.6 Å². The Bertz CT molecular complexity index is 595. The highest BCUT2D eigenvalue weighted by Gasteiger charge is 2.36. The summed E-state index contributed by atoms with van der Waals surface area (Å²) in [5.74, 6) is 0.885. The van der Waals surface area contributed by atoms with Crippen molar-refractivity contribution in [2.24, 2.45) is 22.7 Å². The first-order valence-electron chi connectivity index (χ1n) is 8.87. The number of ether oxygens (including phenoxy) is 1. The fraction of sp³-hybridized carbons (Fsp3) is 0.875. The first-order chi connectivity index (χ1) is 11.9. The fourth-order valence-corrected chi connectivity index (χ4v) is 4.25. The topological polar surface area (TPSA) is 100 Å². The molecule has 152 valence electrons. The predicted octanol–water partition coefficient (Wildman–Crippen LogP) is 0.640. The van der Waals surface area contributed by atoms with E-state index in [1.54, 1.807) is 7.05 Å². The van der Waals surface area contributed by atoms with Crippen molar-refractivity contribution in [3.05, 3.63) is 0 Å². The van der Waals surface area contributed by atoms with Gasteiger partial charge in [-0.2, -0.15) is 0 Å². The molecule has 1 heterocycles. The molecule has 2 N–H and O–H groups in total. The van der Waals surface area contributed by atoms with Gasteiger partial charge < -0.3 is 15.0 Å². The first-order valence-corrected chi connectivity index (χ1v) is 10.5. The van der Waals surface area contributed by atoms with Crippen LogP contribution in [0.1, 0.15) is 26.2 Å². The summed E-state index contributed by atoms with van der Waals surface area (Å²) in [7, 11) is -0.230. The molecular formula is C16H31IN4O4S. The van der Waals surface area contributed by atoms with E-state index in [2.05, 4.69) is 15.0 Å². The van der Waals surface area contributed by atoms with Gasteiger partial charge in [0.15, 0.2) is 5.96 Å². The molecule has 2 atom stereocenters. The predicted molar refractivity (Wildman–Crippen MR) is 112 cm³/mol. The average molecular weight is 502 g/mol. The van der Waals surface area contributed by atoms with Crippen molar-refractivity contribution in [1.29, 1.82) is 0 Å². The van der Waals surface area contributed by atoms with Crippen LogP contribution in [0.5, 0.6) is 0 Å². The number of nitrogens with zero attached hydrogens (tertiary/aromatic N) is 2. The second kappa shape index (κ2) is 10.6. The smallest absolute Gasteiger partial charge is 0.310 e. The van der Waals surface area contributed by atoms with Gasteiger partial charge >= 0.3 is 5.97 Å². The van der Waals surface area contributed by atoms with Crippen molar-refractivity contribution in [2.75, 3.05) is 46.1 Å². The molecule has 8 nitrogen and oxygen atoms in total. The second-order valence-electron chi connectivity index (χ2n) is 6.95. The van der Waals surface area contributed by atoms with Gasteiger partial charge in [-0.1, -0.05) is 13.3 Å². The summed E-state index contributed by atoms with van der Waals surface area (Å²) >= 11 is 0. The largest absolute Gasteiger partial charge is 0.469 e. The number of carbonyl (C=O) groups excluding carboxylic acids is 1. The van der Waals surface area contributed by atoms with E-state index in [4.69, 9.17) is 4.74 Å². The zero-order chi connectivity index (χ0) is 18.4. The van der Waals surface area contributed by atoms with E-state index in [9.17, 15) is 13.2 Å². The first kappa shape index (κ1) is 23.4. The molecule has 1 aliphatic heterocycles. The Morgan fingerprint density at radius 1 is 1.31 bits per heavy atom. The maximum Gasteiger partial charge on any atom is 0.310 e. The van der Waals surface area contributed by atoms with E-state index in [-0.39, 0.29) is 54.1 Å². The Labute approximate surface area is 173 Å². The van der Waals surface area contributed by atoms with E-state index >= 15 is 0 Å². The lowest BCUT2D eigenvalue weighted by molar-refractivity contribution is -0.145. The summed E-state index contributed by atoms with van der Waals surface area (Å²) in [6.45, 7) is 4.04. The molecule has 1 saturated carbocycles. The van der Waals surface area contributed by atoms with Gasteiger partial charge in [-0.05, 0) is 24.7 Å². The standard InChI is InChI=1S/C16H30N4O4S.HI/c1-12-10-20(11-14(12)15(21)24-3)16(17-2)18-7-8-25(22,23)19-9-13-5-4-6-13;/h12-14,19H,4-11H2,1-3H3,(H,17,18);1H. The number of nitrogens with one attached hydrogen (secondary N) is 2. The highest BCUT2D eigenvalue weighted by Crippen LogP contribution is 2.25. The number of likely N-dealkylation sites (tertiary alicyclic amines) is 1. The zero-order valence-electron chi connectivity index (χ0n) is 15.7. The molecule has 2 fully saturated rings. The number of hydrogen-bond acceptors (Lipinski definition) is 5. The summed E-state index contributed by atoms with van der Waals surface area (Å²) in [4.78, 5) is 18.0. The summed E-state index contributed by atoms with van der Waals surface area (Å²) < 4.78 is 31.6. The third-order valence-corrected chi connectivity index (χ3v) is 6.45. The molecule has 1 saturated heterocycles. The third-order valence-electron chi connectivity index (χ3n) is 5.10. The van der Waals surface area contributed by atoms with Crippen LogP contribution in [0.25, 0.3) is 0 Å². The molecule has 0 aromatic heterocycles. The number of esters is 1. The van der Waals surface area contributed by atoms with Crippen LogP contribution in [0, 0.1) is 17.8 Å². The fourth-order valence-electron chi connectivity index (χ4n) is 3.24. The molecule has 2 unspecified atom stereocenters. The Balaban J connectivity index is 0.00000338. The van der Waals surface area contributed by atoms with Crippen LogP contribution in [-0.4, -0.2) is 71.3 Å². The van der Waals surface area contributed by atoms with Gasteiger partial charge in [0.1, 0.15) is 0 Å². The van der Waals surface area contributed by atoms with Gasteiger partial charge in [0.2, 0.25) is 10.0 Å². The van der Waals surface area contributed by atoms with E-state index in [1.165, 1.54) is 13.5 Å². The van der Waals surface area contributed by atoms with Gasteiger partial charge in [-0.15, -0.1) is 24.0 Å². The molecule has 0 bridgehead atoms. The van der Waals surface area contributed by atoms with Crippen molar-refractivity contribution in [3.8, 4) is 0 Å². The number of methoxy groups -OCH3 is 1. The van der Waals surface area contributed by atoms with E-state index in [1.807, 2.05) is 11.8 Å². The summed E-state index contributed by atoms with van der Waals surface area (Å²) in [6, 6.07) is 0. The van der Waals surface area contributed by atoms with Gasteiger partial charge in [-0.25, -0.2) is 13.1 Å². The van der Waals surface area contributed by atoms with Crippen LogP contribution in [0.3, 0.4) is 0 Å². The monoisotopic (exact) mass is 502 g/mol. The average Bonchev–Trinajstić information content (AvgIpc) is 2.90. The normalized spacial score (nSPS) is 24.0. The minimum atomic E-state index is -3.28. The number of carbonyl (C=O) groups is 1. The van der Waals surface area contributed by atoms with E-state index in [0.717, 1.165) is 12.8 Å². The summed E-state index contributed by atoms with van der Waals surface area (Å²) in [5.41, 5.74) is 0. The second-order valence-corrected chi connectivity index (χ2v) is 8.88. The quantitative estimate of drug-likeness (QED) is 0.230. The Morgan fingerprint density at radius 2 is 2.00 bits per heavy atom. The third kappa shape index (κ3) is 6.52.